The van der Waals surface area contributed by atoms with E-state index in [2.05, 4.69) is 0 Å². The Bertz CT molecular complexity index is 730. The van der Waals surface area contributed by atoms with Gasteiger partial charge in [0, 0.05) is 30.4 Å². The minimum absolute atomic E-state index is 0.0308. The fourth-order valence-corrected chi connectivity index (χ4v) is 2.11. The van der Waals surface area contributed by atoms with Crippen LogP contribution in [0.1, 0.15) is 0 Å². The van der Waals surface area contributed by atoms with E-state index < -0.39 is 29.4 Å². The molecule has 0 radical (unpaired) electrons. The second-order valence-corrected chi connectivity index (χ2v) is 4.33. The minimum Gasteiger partial charge on any atom is -0.269 e. The highest BCUT2D eigenvalue weighted by molar-refractivity contribution is 6.29. The van der Waals surface area contributed by atoms with Crippen molar-refractivity contribution in [1.82, 2.24) is 0 Å². The van der Waals surface area contributed by atoms with Crippen LogP contribution in [0.25, 0.3) is 0 Å². The van der Waals surface area contributed by atoms with Gasteiger partial charge in [-0.1, -0.05) is 0 Å². The SMILES string of the molecule is O=C1C=CC(=O)N1c1ccc(N2C(=O)C=CC2=O)c(F)c1. The maximum Gasteiger partial charge on any atom is 0.258 e. The van der Waals surface area contributed by atoms with Crippen LogP contribution in [0.3, 0.4) is 0 Å². The third-order valence-corrected chi connectivity index (χ3v) is 3.05. The van der Waals surface area contributed by atoms with Crippen LogP contribution in [0.15, 0.2) is 42.5 Å². The summed E-state index contributed by atoms with van der Waals surface area (Å²) in [5.41, 5.74) is -0.200. The smallest absolute Gasteiger partial charge is 0.258 e. The fourth-order valence-electron chi connectivity index (χ4n) is 2.11. The van der Waals surface area contributed by atoms with E-state index in [4.69, 9.17) is 0 Å². The second kappa shape index (κ2) is 4.48. The Morgan fingerprint density at radius 2 is 1.19 bits per heavy atom. The third kappa shape index (κ3) is 1.95. The van der Waals surface area contributed by atoms with Crippen molar-refractivity contribution in [2.24, 2.45) is 0 Å². The average Bonchev–Trinajstić information content (AvgIpc) is 2.94. The zero-order chi connectivity index (χ0) is 15.1. The summed E-state index contributed by atoms with van der Waals surface area (Å²) in [6.07, 6.45) is 4.22. The maximum atomic E-state index is 14.1. The highest BCUT2D eigenvalue weighted by atomic mass is 19.1. The summed E-state index contributed by atoms with van der Waals surface area (Å²) in [5, 5.41) is 0. The Morgan fingerprint density at radius 3 is 1.67 bits per heavy atom. The lowest BCUT2D eigenvalue weighted by molar-refractivity contribution is -0.121. The van der Waals surface area contributed by atoms with Crippen LogP contribution in [-0.2, 0) is 19.2 Å². The van der Waals surface area contributed by atoms with E-state index in [1.165, 1.54) is 12.1 Å². The van der Waals surface area contributed by atoms with Crippen molar-refractivity contribution in [3.63, 3.8) is 0 Å². The Balaban J connectivity index is 1.98. The van der Waals surface area contributed by atoms with Crippen LogP contribution in [-0.4, -0.2) is 23.6 Å². The first-order valence-electron chi connectivity index (χ1n) is 5.91. The van der Waals surface area contributed by atoms with Gasteiger partial charge in [-0.15, -0.1) is 0 Å². The van der Waals surface area contributed by atoms with E-state index in [-0.39, 0.29) is 11.4 Å². The van der Waals surface area contributed by atoms with Gasteiger partial charge in [-0.25, -0.2) is 14.2 Å². The molecule has 0 atom stereocenters. The molecule has 2 heterocycles. The van der Waals surface area contributed by atoms with Crippen LogP contribution >= 0.6 is 0 Å². The van der Waals surface area contributed by atoms with Gasteiger partial charge >= 0.3 is 0 Å². The summed E-state index contributed by atoms with van der Waals surface area (Å²) >= 11 is 0. The summed E-state index contributed by atoms with van der Waals surface area (Å²) in [6, 6.07) is 3.39. The van der Waals surface area contributed by atoms with Crippen molar-refractivity contribution in [3.8, 4) is 0 Å². The predicted molar refractivity (Wildman–Crippen MR) is 69.7 cm³/mol. The Kier molecular flexibility index (Phi) is 2.76. The molecular weight excluding hydrogens is 279 g/mol. The molecule has 1 aromatic rings. The van der Waals surface area contributed by atoms with Gasteiger partial charge < -0.3 is 0 Å². The number of rotatable bonds is 2. The van der Waals surface area contributed by atoms with Crippen molar-refractivity contribution in [3.05, 3.63) is 48.3 Å². The minimum atomic E-state index is -0.884. The van der Waals surface area contributed by atoms with E-state index in [1.807, 2.05) is 0 Å². The first-order valence-corrected chi connectivity index (χ1v) is 5.91. The molecule has 0 bridgehead atoms. The summed E-state index contributed by atoms with van der Waals surface area (Å²) in [5.74, 6) is -3.35. The number of imide groups is 2. The van der Waals surface area contributed by atoms with E-state index in [1.54, 1.807) is 0 Å². The number of hydrogen-bond donors (Lipinski definition) is 0. The van der Waals surface area contributed by atoms with Gasteiger partial charge in [-0.3, -0.25) is 19.2 Å². The molecule has 6 nitrogen and oxygen atoms in total. The van der Waals surface area contributed by atoms with Crippen molar-refractivity contribution in [2.45, 2.75) is 0 Å². The zero-order valence-corrected chi connectivity index (χ0v) is 10.4. The molecule has 104 valence electrons. The fraction of sp³-hybridized carbons (Fsp3) is 0. The molecule has 2 aliphatic rings. The molecule has 21 heavy (non-hydrogen) atoms. The van der Waals surface area contributed by atoms with Crippen LogP contribution in [0.4, 0.5) is 15.8 Å². The molecule has 0 N–H and O–H groups in total. The molecule has 0 unspecified atom stereocenters. The van der Waals surface area contributed by atoms with Crippen molar-refractivity contribution in [2.75, 3.05) is 9.80 Å². The largest absolute Gasteiger partial charge is 0.269 e. The number of carbonyl (C=O) groups is 4. The molecule has 3 rings (SSSR count). The van der Waals surface area contributed by atoms with Gasteiger partial charge in [0.2, 0.25) is 0 Å². The predicted octanol–water partition coefficient (Wildman–Crippen LogP) is 0.684. The Labute approximate surface area is 117 Å². The molecule has 7 heteroatoms. The normalized spacial score (nSPS) is 17.6. The number of benzene rings is 1. The molecule has 0 aliphatic carbocycles. The van der Waals surface area contributed by atoms with Gasteiger partial charge in [0.1, 0.15) is 5.82 Å². The molecule has 0 fully saturated rings. The average molecular weight is 286 g/mol. The van der Waals surface area contributed by atoms with Gasteiger partial charge in [0.25, 0.3) is 23.6 Å². The van der Waals surface area contributed by atoms with E-state index in [0.29, 0.717) is 4.90 Å². The molecular formula is C14H7FN2O4. The molecule has 4 amide bonds. The van der Waals surface area contributed by atoms with Gasteiger partial charge in [-0.05, 0) is 12.1 Å². The standard InChI is InChI=1S/C14H7FN2O4/c15-9-7-8(16-11(18)3-4-12(16)19)1-2-10(9)17-13(20)5-6-14(17)21/h1-7H. The van der Waals surface area contributed by atoms with Gasteiger partial charge in [0.15, 0.2) is 0 Å². The second-order valence-electron chi connectivity index (χ2n) is 4.33. The zero-order valence-electron chi connectivity index (χ0n) is 10.4. The van der Waals surface area contributed by atoms with Crippen molar-refractivity contribution < 1.29 is 23.6 Å². The lowest BCUT2D eigenvalue weighted by Crippen LogP contribution is -2.31. The van der Waals surface area contributed by atoms with Gasteiger partial charge in [0.05, 0.1) is 11.4 Å². The topological polar surface area (TPSA) is 74.8 Å². The number of carbonyl (C=O) groups excluding carboxylic acids is 4. The van der Waals surface area contributed by atoms with Crippen LogP contribution < -0.4 is 9.80 Å². The molecule has 2 aliphatic heterocycles. The summed E-state index contributed by atoms with van der Waals surface area (Å²) < 4.78 is 14.1. The number of anilines is 2. The molecule has 0 aromatic heterocycles. The van der Waals surface area contributed by atoms with Gasteiger partial charge in [-0.2, -0.15) is 0 Å². The van der Waals surface area contributed by atoms with Crippen LogP contribution in [0, 0.1) is 5.82 Å². The Morgan fingerprint density at radius 1 is 0.714 bits per heavy atom. The monoisotopic (exact) mass is 286 g/mol. The van der Waals surface area contributed by atoms with Crippen molar-refractivity contribution in [1.29, 1.82) is 0 Å². The number of halogens is 1. The number of nitrogens with zero attached hydrogens (tertiary/aromatic N) is 2. The quantitative estimate of drug-likeness (QED) is 0.749. The van der Waals surface area contributed by atoms with E-state index >= 15 is 0 Å². The lowest BCUT2D eigenvalue weighted by Gasteiger charge is -2.18. The van der Waals surface area contributed by atoms with Crippen LogP contribution in [0.5, 0.6) is 0 Å². The molecule has 0 saturated carbocycles. The highest BCUT2D eigenvalue weighted by Gasteiger charge is 2.30. The van der Waals surface area contributed by atoms with E-state index in [9.17, 15) is 23.6 Å². The first-order chi connectivity index (χ1) is 9.99. The summed E-state index contributed by atoms with van der Waals surface area (Å²) in [7, 11) is 0. The highest BCUT2D eigenvalue weighted by Crippen LogP contribution is 2.28. The van der Waals surface area contributed by atoms with Crippen LogP contribution in [0.2, 0.25) is 0 Å². The van der Waals surface area contributed by atoms with Crippen molar-refractivity contribution >= 4 is 35.0 Å². The first kappa shape index (κ1) is 12.9. The lowest BCUT2D eigenvalue weighted by atomic mass is 10.2. The third-order valence-electron chi connectivity index (χ3n) is 3.05. The molecule has 0 saturated heterocycles. The number of amides is 4. The Hall–Kier alpha value is -3.09. The number of hydrogen-bond acceptors (Lipinski definition) is 4. The summed E-state index contributed by atoms with van der Waals surface area (Å²) in [6.45, 7) is 0. The summed E-state index contributed by atoms with van der Waals surface area (Å²) in [4.78, 5) is 47.5. The molecule has 0 spiro atoms. The maximum absolute atomic E-state index is 14.1. The molecule has 1 aromatic carbocycles. The van der Waals surface area contributed by atoms with E-state index in [0.717, 1.165) is 35.3 Å².